The summed E-state index contributed by atoms with van der Waals surface area (Å²) in [4.78, 5) is 0.334. The highest BCUT2D eigenvalue weighted by molar-refractivity contribution is 7.93. The first-order valence-corrected chi connectivity index (χ1v) is 14.0. The molecule has 0 aromatic heterocycles. The predicted octanol–water partition coefficient (Wildman–Crippen LogP) is 5.48. The Morgan fingerprint density at radius 2 is 1.23 bits per heavy atom. The molecule has 35 heavy (non-hydrogen) atoms. The molecule has 6 nitrogen and oxygen atoms in total. The number of nitrogens with one attached hydrogen (secondary N) is 2. The Hall–Kier alpha value is -3.62. The fourth-order valence-corrected chi connectivity index (χ4v) is 6.59. The highest BCUT2D eigenvalue weighted by Crippen LogP contribution is 2.39. The third kappa shape index (κ3) is 4.54. The van der Waals surface area contributed by atoms with E-state index in [0.717, 1.165) is 33.4 Å². The van der Waals surface area contributed by atoms with E-state index in [2.05, 4.69) is 9.44 Å². The molecule has 4 aromatic rings. The molecule has 0 atom stereocenters. The van der Waals surface area contributed by atoms with E-state index in [0.29, 0.717) is 17.8 Å². The van der Waals surface area contributed by atoms with Gasteiger partial charge in [-0.25, -0.2) is 16.8 Å². The van der Waals surface area contributed by atoms with Gasteiger partial charge in [0.1, 0.15) is 0 Å². The van der Waals surface area contributed by atoms with Crippen LogP contribution in [-0.2, 0) is 26.5 Å². The van der Waals surface area contributed by atoms with Gasteiger partial charge in [-0.1, -0.05) is 42.5 Å². The highest BCUT2D eigenvalue weighted by Gasteiger charge is 2.25. The van der Waals surface area contributed by atoms with E-state index in [1.165, 1.54) is 0 Å². The second kappa shape index (κ2) is 8.55. The molecule has 0 fully saturated rings. The minimum atomic E-state index is -3.77. The largest absolute Gasteiger partial charge is 0.280 e. The van der Waals surface area contributed by atoms with Gasteiger partial charge in [-0.15, -0.1) is 0 Å². The number of anilines is 2. The van der Waals surface area contributed by atoms with Gasteiger partial charge >= 0.3 is 0 Å². The maximum absolute atomic E-state index is 13.0. The van der Waals surface area contributed by atoms with E-state index in [1.54, 1.807) is 66.7 Å². The Labute approximate surface area is 205 Å². The molecule has 0 heterocycles. The van der Waals surface area contributed by atoms with Crippen molar-refractivity contribution in [2.75, 3.05) is 9.44 Å². The molecule has 1 aliphatic rings. The second-order valence-corrected chi connectivity index (χ2v) is 12.1. The molecular weight excluding hydrogens is 480 g/mol. The SMILES string of the molecule is Cc1cccc(NS(=O)(=O)c2ccc3c(c2)Cc2cc(S(=O)(=O)Nc4ccccc4C)ccc2-3)c1. The number of fused-ring (bicyclic) bond motifs is 3. The van der Waals surface area contributed by atoms with Gasteiger partial charge in [-0.05, 0) is 96.1 Å². The fourth-order valence-electron chi connectivity index (χ4n) is 4.31. The van der Waals surface area contributed by atoms with Gasteiger partial charge in [-0.2, -0.15) is 0 Å². The average molecular weight is 505 g/mol. The summed E-state index contributed by atoms with van der Waals surface area (Å²) in [6.45, 7) is 3.74. The zero-order chi connectivity index (χ0) is 24.8. The van der Waals surface area contributed by atoms with Crippen LogP contribution in [0.3, 0.4) is 0 Å². The standard InChI is InChI=1S/C27H24N2O4S2/c1-18-6-5-8-22(14-18)28-34(30,31)23-10-12-25-20(16-23)15-21-17-24(11-13-26(21)25)35(32,33)29-27-9-4-3-7-19(27)2/h3-14,16-17,28-29H,15H2,1-2H3. The van der Waals surface area contributed by atoms with Crippen molar-refractivity contribution in [3.05, 3.63) is 107 Å². The van der Waals surface area contributed by atoms with Crippen molar-refractivity contribution >= 4 is 31.4 Å². The number of rotatable bonds is 6. The normalized spacial score (nSPS) is 12.6. The molecule has 0 bridgehead atoms. The number of aryl methyl sites for hydroxylation is 2. The van der Waals surface area contributed by atoms with Gasteiger partial charge in [-0.3, -0.25) is 9.44 Å². The third-order valence-electron chi connectivity index (χ3n) is 6.10. The fraction of sp³-hybridized carbons (Fsp3) is 0.111. The van der Waals surface area contributed by atoms with Gasteiger partial charge in [0.25, 0.3) is 20.0 Å². The first-order valence-electron chi connectivity index (χ1n) is 11.1. The van der Waals surface area contributed by atoms with Crippen molar-refractivity contribution in [2.45, 2.75) is 30.1 Å². The van der Waals surface area contributed by atoms with Crippen molar-refractivity contribution < 1.29 is 16.8 Å². The van der Waals surface area contributed by atoms with Gasteiger partial charge in [0.2, 0.25) is 0 Å². The van der Waals surface area contributed by atoms with Crippen molar-refractivity contribution in [3.63, 3.8) is 0 Å². The van der Waals surface area contributed by atoms with E-state index in [1.807, 2.05) is 32.0 Å². The Balaban J connectivity index is 1.42. The lowest BCUT2D eigenvalue weighted by atomic mass is 10.1. The van der Waals surface area contributed by atoms with Crippen LogP contribution in [0.25, 0.3) is 11.1 Å². The second-order valence-electron chi connectivity index (χ2n) is 8.71. The molecule has 2 N–H and O–H groups in total. The molecular formula is C27H24N2O4S2. The maximum Gasteiger partial charge on any atom is 0.261 e. The van der Waals surface area contributed by atoms with Crippen LogP contribution in [0.2, 0.25) is 0 Å². The van der Waals surface area contributed by atoms with Crippen LogP contribution in [0, 0.1) is 13.8 Å². The average Bonchev–Trinajstić information content (AvgIpc) is 3.17. The van der Waals surface area contributed by atoms with E-state index in [4.69, 9.17) is 0 Å². The van der Waals surface area contributed by atoms with Crippen LogP contribution >= 0.6 is 0 Å². The summed E-state index contributed by atoms with van der Waals surface area (Å²) in [6, 6.07) is 24.4. The first-order chi connectivity index (χ1) is 16.6. The van der Waals surface area contributed by atoms with Crippen LogP contribution < -0.4 is 9.44 Å². The molecule has 178 valence electrons. The molecule has 0 saturated heterocycles. The van der Waals surface area contributed by atoms with Gasteiger partial charge in [0.05, 0.1) is 15.5 Å². The first kappa shape index (κ1) is 23.1. The monoisotopic (exact) mass is 504 g/mol. The zero-order valence-electron chi connectivity index (χ0n) is 19.2. The molecule has 0 spiro atoms. The number of benzene rings is 4. The Bertz CT molecular complexity index is 1680. The van der Waals surface area contributed by atoms with E-state index in [9.17, 15) is 16.8 Å². The summed E-state index contributed by atoms with van der Waals surface area (Å²) in [5.41, 5.74) is 6.32. The van der Waals surface area contributed by atoms with Crippen molar-refractivity contribution in [1.29, 1.82) is 0 Å². The van der Waals surface area contributed by atoms with Gasteiger partial charge < -0.3 is 0 Å². The summed E-state index contributed by atoms with van der Waals surface area (Å²) in [5.74, 6) is 0. The minimum absolute atomic E-state index is 0.166. The number of hydrogen-bond acceptors (Lipinski definition) is 4. The van der Waals surface area contributed by atoms with Crippen LogP contribution in [-0.4, -0.2) is 16.8 Å². The van der Waals surface area contributed by atoms with Crippen LogP contribution in [0.15, 0.2) is 94.7 Å². The summed E-state index contributed by atoms with van der Waals surface area (Å²) < 4.78 is 57.3. The summed E-state index contributed by atoms with van der Waals surface area (Å²) >= 11 is 0. The molecule has 0 saturated carbocycles. The van der Waals surface area contributed by atoms with Gasteiger partial charge in [0.15, 0.2) is 0 Å². The molecule has 0 amide bonds. The summed E-state index contributed by atoms with van der Waals surface area (Å²) in [6.07, 6.45) is 0.451. The van der Waals surface area contributed by atoms with Gasteiger partial charge in [0, 0.05) is 5.69 Å². The topological polar surface area (TPSA) is 92.3 Å². The van der Waals surface area contributed by atoms with Crippen molar-refractivity contribution in [1.82, 2.24) is 0 Å². The summed E-state index contributed by atoms with van der Waals surface area (Å²) in [7, 11) is -7.54. The van der Waals surface area contributed by atoms with E-state index >= 15 is 0 Å². The Morgan fingerprint density at radius 3 is 1.83 bits per heavy atom. The molecule has 8 heteroatoms. The highest BCUT2D eigenvalue weighted by atomic mass is 32.2. The quantitative estimate of drug-likeness (QED) is 0.320. The lowest BCUT2D eigenvalue weighted by molar-refractivity contribution is 0.599. The number of para-hydroxylation sites is 1. The van der Waals surface area contributed by atoms with Crippen LogP contribution in [0.5, 0.6) is 0 Å². The third-order valence-corrected chi connectivity index (χ3v) is 8.85. The minimum Gasteiger partial charge on any atom is -0.280 e. The molecule has 0 aliphatic heterocycles. The van der Waals surface area contributed by atoms with Crippen molar-refractivity contribution in [2.24, 2.45) is 0 Å². The predicted molar refractivity (Wildman–Crippen MR) is 139 cm³/mol. The molecule has 5 rings (SSSR count). The maximum atomic E-state index is 13.0. The summed E-state index contributed by atoms with van der Waals surface area (Å²) in [5, 5.41) is 0. The zero-order valence-corrected chi connectivity index (χ0v) is 20.9. The molecule has 0 unspecified atom stereocenters. The van der Waals surface area contributed by atoms with Crippen molar-refractivity contribution in [3.8, 4) is 11.1 Å². The number of hydrogen-bond donors (Lipinski definition) is 2. The Morgan fingerprint density at radius 1 is 0.629 bits per heavy atom. The Kier molecular flexibility index (Phi) is 5.65. The van der Waals surface area contributed by atoms with Crippen LogP contribution in [0.1, 0.15) is 22.3 Å². The smallest absolute Gasteiger partial charge is 0.261 e. The lowest BCUT2D eigenvalue weighted by Gasteiger charge is -2.11. The van der Waals surface area contributed by atoms with Crippen LogP contribution in [0.4, 0.5) is 11.4 Å². The molecule has 1 aliphatic carbocycles. The molecule has 4 aromatic carbocycles. The molecule has 0 radical (unpaired) electrons. The van der Waals surface area contributed by atoms with E-state index in [-0.39, 0.29) is 9.79 Å². The lowest BCUT2D eigenvalue weighted by Crippen LogP contribution is -2.14. The number of sulfonamides is 2. The van der Waals surface area contributed by atoms with E-state index < -0.39 is 20.0 Å².